The molecular weight excluding hydrogens is 317 g/mol. The number of cyclic esters (lactones) is 1. The Morgan fingerprint density at radius 3 is 2.59 bits per heavy atom. The number of carbonyl (C=O) groups is 2. The third-order valence-electron chi connectivity index (χ3n) is 3.01. The monoisotopic (exact) mass is 331 g/mol. The Morgan fingerprint density at radius 2 is 2.05 bits per heavy atom. The normalized spacial score (nSPS) is 17.9. The number of nitrogens with zero attached hydrogens (tertiary/aromatic N) is 1. The van der Waals surface area contributed by atoms with Gasteiger partial charge in [-0.15, -0.1) is 0 Å². The van der Waals surface area contributed by atoms with Crippen molar-refractivity contribution in [2.75, 3.05) is 6.54 Å². The van der Waals surface area contributed by atoms with Crippen LogP contribution in [0.25, 0.3) is 0 Å². The molecule has 9 heteroatoms. The van der Waals surface area contributed by atoms with Crippen LogP contribution < -0.4 is 0 Å². The zero-order valence-electron chi connectivity index (χ0n) is 11.5. The van der Waals surface area contributed by atoms with Gasteiger partial charge in [-0.1, -0.05) is 34.2 Å². The average molecular weight is 331 g/mol. The summed E-state index contributed by atoms with van der Waals surface area (Å²) in [6.45, 7) is -0.797. The van der Waals surface area contributed by atoms with Gasteiger partial charge in [-0.2, -0.15) is 12.7 Å². The molecule has 1 heterocycles. The molecule has 7 nitrogen and oxygen atoms in total. The molecule has 1 amide bonds. The number of rotatable bonds is 5. The molecule has 0 saturated carbocycles. The highest BCUT2D eigenvalue weighted by molar-refractivity contribution is 7.84. The molecule has 1 saturated heterocycles. The Kier molecular flexibility index (Phi) is 4.96. The minimum atomic E-state index is -5.31. The molecule has 1 aromatic rings. The highest BCUT2D eigenvalue weighted by atomic mass is 32.3. The van der Waals surface area contributed by atoms with Gasteiger partial charge in [0.2, 0.25) is 0 Å². The van der Waals surface area contributed by atoms with Gasteiger partial charge in [0.1, 0.15) is 12.7 Å². The van der Waals surface area contributed by atoms with E-state index in [0.717, 1.165) is 0 Å². The lowest BCUT2D eigenvalue weighted by Gasteiger charge is -2.20. The summed E-state index contributed by atoms with van der Waals surface area (Å²) in [4.78, 5) is 22.7. The maximum absolute atomic E-state index is 13.2. The molecule has 120 valence electrons. The highest BCUT2D eigenvalue weighted by Crippen LogP contribution is 2.18. The first-order valence-corrected chi connectivity index (χ1v) is 7.83. The van der Waals surface area contributed by atoms with Crippen molar-refractivity contribution in [3.8, 4) is 0 Å². The molecule has 0 bridgehead atoms. The van der Waals surface area contributed by atoms with Gasteiger partial charge in [0.25, 0.3) is 0 Å². The first-order valence-electron chi connectivity index (χ1n) is 6.49. The number of halogens is 1. The third kappa shape index (κ3) is 4.42. The molecular formula is C13H14FNO6S. The summed E-state index contributed by atoms with van der Waals surface area (Å²) in [6.07, 6.45) is -1.89. The Labute approximate surface area is 127 Å². The van der Waals surface area contributed by atoms with Gasteiger partial charge in [0, 0.05) is 6.42 Å². The second-order valence-electron chi connectivity index (χ2n) is 4.66. The highest BCUT2D eigenvalue weighted by Gasteiger charge is 2.35. The van der Waals surface area contributed by atoms with Gasteiger partial charge in [-0.3, -0.25) is 4.79 Å². The van der Waals surface area contributed by atoms with Gasteiger partial charge in [0.15, 0.2) is 0 Å². The summed E-state index contributed by atoms with van der Waals surface area (Å²) >= 11 is 0. The van der Waals surface area contributed by atoms with Crippen molar-refractivity contribution in [1.82, 2.24) is 4.31 Å². The Bertz CT molecular complexity index is 648. The fourth-order valence-corrected chi connectivity index (χ4v) is 2.52. The van der Waals surface area contributed by atoms with Gasteiger partial charge < -0.3 is 9.47 Å². The summed E-state index contributed by atoms with van der Waals surface area (Å²) in [7, 11) is -5.31. The van der Waals surface area contributed by atoms with E-state index in [1.807, 2.05) is 0 Å². The van der Waals surface area contributed by atoms with Crippen LogP contribution in [0.5, 0.6) is 0 Å². The van der Waals surface area contributed by atoms with Crippen LogP contribution >= 0.6 is 0 Å². The second-order valence-corrected chi connectivity index (χ2v) is 5.93. The van der Waals surface area contributed by atoms with Crippen molar-refractivity contribution in [2.45, 2.75) is 25.6 Å². The molecule has 1 fully saturated rings. The van der Waals surface area contributed by atoms with Gasteiger partial charge in [0.05, 0.1) is 6.54 Å². The largest absolute Gasteiger partial charge is 0.460 e. The van der Waals surface area contributed by atoms with Crippen molar-refractivity contribution in [3.05, 3.63) is 35.9 Å². The molecule has 1 aliphatic heterocycles. The maximum atomic E-state index is 13.2. The van der Waals surface area contributed by atoms with Crippen molar-refractivity contribution >= 4 is 22.5 Å². The number of hydrogen-bond donors (Lipinski definition) is 0. The molecule has 0 N–H and O–H groups in total. The van der Waals surface area contributed by atoms with E-state index >= 15 is 0 Å². The number of carbonyl (C=O) groups excluding carboxylic acids is 2. The zero-order chi connectivity index (χ0) is 16.2. The SMILES string of the molecule is O=C1CC[C@@H](CN(C(=O)OCc2ccccc2)S(=O)(=O)F)O1. The summed E-state index contributed by atoms with van der Waals surface area (Å²) in [5.41, 5.74) is 0.624. The average Bonchev–Trinajstić information content (AvgIpc) is 2.88. The minimum absolute atomic E-state index is 0.0702. The smallest absolute Gasteiger partial charge is 0.426 e. The van der Waals surface area contributed by atoms with Crippen LogP contribution in [0.4, 0.5) is 8.68 Å². The van der Waals surface area contributed by atoms with Crippen LogP contribution in [0.2, 0.25) is 0 Å². The van der Waals surface area contributed by atoms with E-state index in [1.165, 1.54) is 0 Å². The third-order valence-corrected chi connectivity index (χ3v) is 3.83. The van der Waals surface area contributed by atoms with E-state index in [-0.39, 0.29) is 23.8 Å². The first-order chi connectivity index (χ1) is 10.4. The lowest BCUT2D eigenvalue weighted by molar-refractivity contribution is -0.141. The summed E-state index contributed by atoms with van der Waals surface area (Å²) in [5.74, 6) is -0.515. The lowest BCUT2D eigenvalue weighted by atomic mass is 10.2. The molecule has 1 aromatic carbocycles. The standard InChI is InChI=1S/C13H14FNO6S/c14-22(18,19)15(8-11-6-7-12(16)21-11)13(17)20-9-10-4-2-1-3-5-10/h1-5,11H,6-9H2/t11-/m0/s1. The Hall–Kier alpha value is -2.16. The number of hydrogen-bond acceptors (Lipinski definition) is 6. The second kappa shape index (κ2) is 6.73. The van der Waals surface area contributed by atoms with E-state index in [4.69, 9.17) is 9.47 Å². The number of esters is 1. The summed E-state index contributed by atoms with van der Waals surface area (Å²) in [5, 5.41) is 0. The maximum Gasteiger partial charge on any atom is 0.426 e. The van der Waals surface area contributed by atoms with E-state index in [1.54, 1.807) is 30.3 Å². The van der Waals surface area contributed by atoms with Crippen LogP contribution in [0.15, 0.2) is 30.3 Å². The van der Waals surface area contributed by atoms with Crippen molar-refractivity contribution in [3.63, 3.8) is 0 Å². The number of ether oxygens (including phenoxy) is 2. The molecule has 0 spiro atoms. The number of amides is 1. The van der Waals surface area contributed by atoms with Gasteiger partial charge in [-0.05, 0) is 12.0 Å². The molecule has 0 unspecified atom stereocenters. The predicted molar refractivity (Wildman–Crippen MR) is 72.5 cm³/mol. The molecule has 1 aliphatic rings. The van der Waals surface area contributed by atoms with Crippen molar-refractivity contribution in [1.29, 1.82) is 0 Å². The Balaban J connectivity index is 1.99. The fraction of sp³-hybridized carbons (Fsp3) is 0.385. The molecule has 22 heavy (non-hydrogen) atoms. The van der Waals surface area contributed by atoms with Crippen molar-refractivity contribution in [2.24, 2.45) is 0 Å². The van der Waals surface area contributed by atoms with Crippen molar-refractivity contribution < 1.29 is 31.4 Å². The van der Waals surface area contributed by atoms with Crippen LogP contribution in [-0.4, -0.2) is 37.4 Å². The Morgan fingerprint density at radius 1 is 1.36 bits per heavy atom. The van der Waals surface area contributed by atoms with Gasteiger partial charge >= 0.3 is 22.5 Å². The van der Waals surface area contributed by atoms with Crippen LogP contribution in [0.3, 0.4) is 0 Å². The molecule has 0 aromatic heterocycles. The molecule has 0 radical (unpaired) electrons. The summed E-state index contributed by atoms with van der Waals surface area (Å²) < 4.78 is 44.9. The van der Waals surface area contributed by atoms with Crippen LogP contribution in [-0.2, 0) is 31.3 Å². The molecule has 0 aliphatic carbocycles. The summed E-state index contributed by atoms with van der Waals surface area (Å²) in [6, 6.07) is 8.52. The first kappa shape index (κ1) is 16.2. The minimum Gasteiger partial charge on any atom is -0.460 e. The van der Waals surface area contributed by atoms with E-state index in [2.05, 4.69) is 0 Å². The predicted octanol–water partition coefficient (Wildman–Crippen LogP) is 1.55. The van der Waals surface area contributed by atoms with E-state index in [9.17, 15) is 21.9 Å². The van der Waals surface area contributed by atoms with Crippen LogP contribution in [0.1, 0.15) is 18.4 Å². The topological polar surface area (TPSA) is 90.0 Å². The van der Waals surface area contributed by atoms with Crippen LogP contribution in [0, 0.1) is 0 Å². The van der Waals surface area contributed by atoms with E-state index < -0.39 is 35.1 Å². The fourth-order valence-electron chi connectivity index (χ4n) is 1.94. The number of benzene rings is 1. The quantitative estimate of drug-likeness (QED) is 0.600. The lowest BCUT2D eigenvalue weighted by Crippen LogP contribution is -2.40. The zero-order valence-corrected chi connectivity index (χ0v) is 12.3. The van der Waals surface area contributed by atoms with Gasteiger partial charge in [-0.25, -0.2) is 4.79 Å². The molecule has 1 atom stereocenters. The molecule has 2 rings (SSSR count). The van der Waals surface area contributed by atoms with E-state index in [0.29, 0.717) is 5.56 Å².